The summed E-state index contributed by atoms with van der Waals surface area (Å²) in [7, 11) is 2.07. The third-order valence-electron chi connectivity index (χ3n) is 4.27. The molecule has 2 atom stereocenters. The Labute approximate surface area is 149 Å². The van der Waals surface area contributed by atoms with E-state index in [0.717, 1.165) is 29.6 Å². The first kappa shape index (κ1) is 16.7. The normalized spacial score (nSPS) is 18.3. The van der Waals surface area contributed by atoms with Crippen molar-refractivity contribution in [2.75, 3.05) is 13.6 Å². The third-order valence-corrected chi connectivity index (χ3v) is 5.90. The van der Waals surface area contributed by atoms with E-state index < -0.39 is 0 Å². The lowest BCUT2D eigenvalue weighted by Crippen LogP contribution is -3.08. The number of halogens is 1. The lowest BCUT2D eigenvalue weighted by Gasteiger charge is -2.26. The van der Waals surface area contributed by atoms with E-state index in [2.05, 4.69) is 64.7 Å². The predicted octanol–water partition coefficient (Wildman–Crippen LogP) is 2.72. The molecule has 1 unspecified atom stereocenters. The van der Waals surface area contributed by atoms with Crippen molar-refractivity contribution in [3.05, 3.63) is 56.2 Å². The number of hydrogen-bond acceptors (Lipinski definition) is 2. The summed E-state index contributed by atoms with van der Waals surface area (Å²) in [6, 6.07) is 12.8. The Balaban J connectivity index is 1.55. The molecule has 0 saturated carbocycles. The summed E-state index contributed by atoms with van der Waals surface area (Å²) < 4.78 is 1.14. The average molecular weight is 394 g/mol. The molecule has 0 radical (unpaired) electrons. The number of likely N-dealkylation sites (N-methyl/N-ethyl adjacent to an activating group) is 1. The molecule has 3 rings (SSSR count). The molecule has 1 aromatic carbocycles. The smallest absolute Gasteiger partial charge is 0.275 e. The first-order chi connectivity index (χ1) is 11.1. The Morgan fingerprint density at radius 2 is 2.17 bits per heavy atom. The third kappa shape index (κ3) is 4.43. The molecular formula is C18H22BrN2OS+. The molecule has 1 amide bonds. The van der Waals surface area contributed by atoms with E-state index in [9.17, 15) is 4.79 Å². The van der Waals surface area contributed by atoms with Gasteiger partial charge in [0, 0.05) is 0 Å². The summed E-state index contributed by atoms with van der Waals surface area (Å²) in [4.78, 5) is 14.9. The Bertz CT molecular complexity index is 685. The predicted molar refractivity (Wildman–Crippen MR) is 97.7 cm³/mol. The van der Waals surface area contributed by atoms with Gasteiger partial charge in [-0.1, -0.05) is 24.3 Å². The summed E-state index contributed by atoms with van der Waals surface area (Å²) in [5.74, 6) is 0.139. The zero-order valence-corrected chi connectivity index (χ0v) is 15.7. The highest BCUT2D eigenvalue weighted by molar-refractivity contribution is 9.11. The van der Waals surface area contributed by atoms with Gasteiger partial charge in [-0.2, -0.15) is 0 Å². The van der Waals surface area contributed by atoms with E-state index in [1.807, 2.05) is 0 Å². The molecule has 2 N–H and O–H groups in total. The number of nitrogens with one attached hydrogen (secondary N) is 2. The topological polar surface area (TPSA) is 33.5 Å². The van der Waals surface area contributed by atoms with Gasteiger partial charge < -0.3 is 10.2 Å². The van der Waals surface area contributed by atoms with Crippen molar-refractivity contribution in [1.82, 2.24) is 5.32 Å². The second-order valence-corrected chi connectivity index (χ2v) is 8.78. The number of thiophene rings is 1. The number of rotatable bonds is 5. The van der Waals surface area contributed by atoms with Crippen LogP contribution < -0.4 is 10.2 Å². The number of carbonyl (C=O) groups excluding carboxylic acids is 1. The Morgan fingerprint density at radius 3 is 2.96 bits per heavy atom. The van der Waals surface area contributed by atoms with E-state index in [0.29, 0.717) is 6.54 Å². The van der Waals surface area contributed by atoms with Crippen LogP contribution in [0.25, 0.3) is 0 Å². The van der Waals surface area contributed by atoms with Gasteiger partial charge in [-0.15, -0.1) is 11.3 Å². The maximum absolute atomic E-state index is 12.4. The van der Waals surface area contributed by atoms with Crippen LogP contribution in [-0.2, 0) is 17.8 Å². The van der Waals surface area contributed by atoms with Crippen molar-refractivity contribution in [3.63, 3.8) is 0 Å². The van der Waals surface area contributed by atoms with Crippen LogP contribution in [0.4, 0.5) is 0 Å². The molecule has 1 aliphatic rings. The molecule has 0 saturated heterocycles. The lowest BCUT2D eigenvalue weighted by molar-refractivity contribution is -0.885. The van der Waals surface area contributed by atoms with Crippen LogP contribution in [0.3, 0.4) is 0 Å². The Morgan fingerprint density at radius 1 is 1.35 bits per heavy atom. The minimum absolute atomic E-state index is 0.139. The number of fused-ring (bicyclic) bond motifs is 1. The highest BCUT2D eigenvalue weighted by atomic mass is 79.9. The molecule has 0 spiro atoms. The second-order valence-electron chi connectivity index (χ2n) is 6.23. The van der Waals surface area contributed by atoms with E-state index in [4.69, 9.17) is 0 Å². The molecule has 2 aromatic rings. The molecule has 122 valence electrons. The van der Waals surface area contributed by atoms with Crippen LogP contribution in [0.15, 0.2) is 40.2 Å². The molecule has 5 heteroatoms. The van der Waals surface area contributed by atoms with E-state index in [1.54, 1.807) is 11.3 Å². The fourth-order valence-corrected chi connectivity index (χ4v) is 4.83. The summed E-state index contributed by atoms with van der Waals surface area (Å²) in [6.45, 7) is 1.39. The number of amides is 1. The molecule has 0 bridgehead atoms. The maximum Gasteiger partial charge on any atom is 0.275 e. The fraction of sp³-hybridized carbons (Fsp3) is 0.389. The van der Waals surface area contributed by atoms with E-state index in [-0.39, 0.29) is 11.9 Å². The van der Waals surface area contributed by atoms with Gasteiger partial charge in [0.15, 0.2) is 6.54 Å². The van der Waals surface area contributed by atoms with Crippen LogP contribution in [0.5, 0.6) is 0 Å². The van der Waals surface area contributed by atoms with Gasteiger partial charge in [0.25, 0.3) is 5.91 Å². The van der Waals surface area contributed by atoms with Gasteiger partial charge in [0.2, 0.25) is 0 Å². The molecule has 0 fully saturated rings. The van der Waals surface area contributed by atoms with Gasteiger partial charge in [0.1, 0.15) is 6.54 Å². The SMILES string of the molecule is C[NH+](CC(=O)N[C@@H]1CCCc2ccccc21)Cc1ccc(Br)s1. The van der Waals surface area contributed by atoms with Crippen molar-refractivity contribution < 1.29 is 9.69 Å². The van der Waals surface area contributed by atoms with Gasteiger partial charge >= 0.3 is 0 Å². The van der Waals surface area contributed by atoms with Crippen molar-refractivity contribution in [3.8, 4) is 0 Å². The molecule has 1 aromatic heterocycles. The average Bonchev–Trinajstić information content (AvgIpc) is 2.92. The van der Waals surface area contributed by atoms with Crippen molar-refractivity contribution in [2.45, 2.75) is 31.8 Å². The standard InChI is InChI=1S/C18H21BrN2OS/c1-21(11-14-9-10-17(19)23-14)12-18(22)20-16-8-4-6-13-5-2-3-7-15(13)16/h2-3,5,7,9-10,16H,4,6,8,11-12H2,1H3,(H,20,22)/p+1/t16-/m1/s1. The molecule has 1 heterocycles. The molecular weight excluding hydrogens is 372 g/mol. The Hall–Kier alpha value is -1.17. The van der Waals surface area contributed by atoms with Crippen LogP contribution >= 0.6 is 27.3 Å². The Kier molecular flexibility index (Phi) is 5.51. The first-order valence-electron chi connectivity index (χ1n) is 8.04. The van der Waals surface area contributed by atoms with Crippen LogP contribution in [-0.4, -0.2) is 19.5 Å². The highest BCUT2D eigenvalue weighted by Crippen LogP contribution is 2.29. The molecule has 1 aliphatic carbocycles. The fourth-order valence-electron chi connectivity index (χ4n) is 3.23. The van der Waals surface area contributed by atoms with Gasteiger partial charge in [-0.25, -0.2) is 0 Å². The number of aryl methyl sites for hydroxylation is 1. The van der Waals surface area contributed by atoms with Gasteiger partial charge in [0.05, 0.1) is 21.8 Å². The van der Waals surface area contributed by atoms with Gasteiger partial charge in [-0.3, -0.25) is 4.79 Å². The molecule has 3 nitrogen and oxygen atoms in total. The number of carbonyl (C=O) groups is 1. The zero-order valence-electron chi connectivity index (χ0n) is 13.3. The first-order valence-corrected chi connectivity index (χ1v) is 9.65. The zero-order chi connectivity index (χ0) is 16.2. The largest absolute Gasteiger partial charge is 0.344 e. The van der Waals surface area contributed by atoms with Gasteiger partial charge in [-0.05, 0) is 58.5 Å². The number of hydrogen-bond donors (Lipinski definition) is 2. The van der Waals surface area contributed by atoms with Crippen molar-refractivity contribution in [1.29, 1.82) is 0 Å². The van der Waals surface area contributed by atoms with Crippen molar-refractivity contribution in [2.24, 2.45) is 0 Å². The van der Waals surface area contributed by atoms with Crippen LogP contribution in [0.1, 0.15) is 34.9 Å². The lowest BCUT2D eigenvalue weighted by atomic mass is 9.88. The monoisotopic (exact) mass is 393 g/mol. The quantitative estimate of drug-likeness (QED) is 0.804. The second kappa shape index (κ2) is 7.60. The summed E-state index contributed by atoms with van der Waals surface area (Å²) in [6.07, 6.45) is 3.31. The number of benzene rings is 1. The van der Waals surface area contributed by atoms with E-state index >= 15 is 0 Å². The number of quaternary nitrogens is 1. The van der Waals surface area contributed by atoms with E-state index in [1.165, 1.54) is 20.9 Å². The molecule has 23 heavy (non-hydrogen) atoms. The maximum atomic E-state index is 12.4. The van der Waals surface area contributed by atoms with Crippen LogP contribution in [0, 0.1) is 0 Å². The summed E-state index contributed by atoms with van der Waals surface area (Å²) in [5.41, 5.74) is 2.68. The summed E-state index contributed by atoms with van der Waals surface area (Å²) in [5, 5.41) is 3.23. The molecule has 0 aliphatic heterocycles. The minimum atomic E-state index is 0.139. The summed E-state index contributed by atoms with van der Waals surface area (Å²) >= 11 is 5.22. The highest BCUT2D eigenvalue weighted by Gasteiger charge is 2.22. The van der Waals surface area contributed by atoms with Crippen molar-refractivity contribution >= 4 is 33.2 Å². The minimum Gasteiger partial charge on any atom is -0.344 e. The van der Waals surface area contributed by atoms with Crippen LogP contribution in [0.2, 0.25) is 0 Å².